The fourth-order valence-electron chi connectivity index (χ4n) is 1.45. The highest BCUT2D eigenvalue weighted by atomic mass is 32.2. The number of hydrogen-bond acceptors (Lipinski definition) is 4. The molecule has 0 aromatic carbocycles. The Hall–Kier alpha value is -1.21. The van der Waals surface area contributed by atoms with E-state index in [9.17, 15) is 12.8 Å². The lowest BCUT2D eigenvalue weighted by atomic mass is 10.2. The molecule has 0 saturated heterocycles. The molecule has 0 aliphatic rings. The van der Waals surface area contributed by atoms with Gasteiger partial charge in [0.15, 0.2) is 11.6 Å². The number of hydrogen-bond donors (Lipinski definition) is 1. The van der Waals surface area contributed by atoms with Gasteiger partial charge < -0.3 is 4.74 Å². The first-order valence-electron chi connectivity index (χ1n) is 5.14. The minimum absolute atomic E-state index is 0.0693. The second-order valence-electron chi connectivity index (χ2n) is 3.38. The highest BCUT2D eigenvalue weighted by Crippen LogP contribution is 2.27. The van der Waals surface area contributed by atoms with Crippen LogP contribution in [-0.4, -0.2) is 24.6 Å². The van der Waals surface area contributed by atoms with E-state index in [0.29, 0.717) is 0 Å². The first-order chi connectivity index (χ1) is 7.90. The van der Waals surface area contributed by atoms with E-state index in [1.54, 1.807) is 13.8 Å². The summed E-state index contributed by atoms with van der Waals surface area (Å²) in [7, 11) is -4.25. The van der Waals surface area contributed by atoms with Crippen LogP contribution in [0.1, 0.15) is 31.2 Å². The standard InChI is InChI=1S/C10H14FNO4S/c1-3-10(17(13,14)15)8-5-9(16-4-2)7(11)6-12-8/h5-6,10H,3-4H2,1-2H3,(H,13,14,15)/t10-/m1/s1. The van der Waals surface area contributed by atoms with Gasteiger partial charge in [-0.15, -0.1) is 0 Å². The predicted octanol–water partition coefficient (Wildman–Crippen LogP) is 1.96. The normalized spacial score (nSPS) is 13.4. The zero-order chi connectivity index (χ0) is 13.1. The van der Waals surface area contributed by atoms with Crippen molar-refractivity contribution >= 4 is 10.1 Å². The molecule has 96 valence electrons. The van der Waals surface area contributed by atoms with Crippen LogP contribution in [0.2, 0.25) is 0 Å². The predicted molar refractivity (Wildman–Crippen MR) is 59.9 cm³/mol. The van der Waals surface area contributed by atoms with E-state index in [2.05, 4.69) is 4.98 Å². The quantitative estimate of drug-likeness (QED) is 0.822. The van der Waals surface area contributed by atoms with Gasteiger partial charge >= 0.3 is 0 Å². The van der Waals surface area contributed by atoms with Crippen molar-refractivity contribution in [1.29, 1.82) is 0 Å². The van der Waals surface area contributed by atoms with Crippen LogP contribution in [0.15, 0.2) is 12.3 Å². The highest BCUT2D eigenvalue weighted by Gasteiger charge is 2.25. The van der Waals surface area contributed by atoms with E-state index in [1.807, 2.05) is 0 Å². The fraction of sp³-hybridized carbons (Fsp3) is 0.500. The van der Waals surface area contributed by atoms with Crippen molar-refractivity contribution in [3.63, 3.8) is 0 Å². The number of rotatable bonds is 5. The molecule has 1 atom stereocenters. The third-order valence-electron chi connectivity index (χ3n) is 2.20. The van der Waals surface area contributed by atoms with Gasteiger partial charge in [0, 0.05) is 6.07 Å². The van der Waals surface area contributed by atoms with Gasteiger partial charge in [0.05, 0.1) is 18.5 Å². The molecule has 1 rings (SSSR count). The van der Waals surface area contributed by atoms with Crippen LogP contribution in [0.5, 0.6) is 5.75 Å². The molecule has 1 heterocycles. The zero-order valence-electron chi connectivity index (χ0n) is 9.55. The van der Waals surface area contributed by atoms with E-state index in [4.69, 9.17) is 9.29 Å². The Morgan fingerprint density at radius 2 is 2.18 bits per heavy atom. The molecule has 0 amide bonds. The van der Waals surface area contributed by atoms with Gasteiger partial charge in [-0.2, -0.15) is 8.42 Å². The van der Waals surface area contributed by atoms with Gasteiger partial charge in [-0.3, -0.25) is 9.54 Å². The molecule has 1 N–H and O–H groups in total. The smallest absolute Gasteiger partial charge is 0.273 e. The van der Waals surface area contributed by atoms with E-state index in [1.165, 1.54) is 6.07 Å². The van der Waals surface area contributed by atoms with Crippen LogP contribution in [0.4, 0.5) is 4.39 Å². The van der Waals surface area contributed by atoms with Crippen LogP contribution in [0.25, 0.3) is 0 Å². The van der Waals surface area contributed by atoms with Crippen molar-refractivity contribution in [3.05, 3.63) is 23.8 Å². The van der Waals surface area contributed by atoms with Gasteiger partial charge in [-0.05, 0) is 13.3 Å². The molecular weight excluding hydrogens is 249 g/mol. The molecule has 0 unspecified atom stereocenters. The van der Waals surface area contributed by atoms with Crippen molar-refractivity contribution in [3.8, 4) is 5.75 Å². The summed E-state index contributed by atoms with van der Waals surface area (Å²) in [5.74, 6) is -0.736. The zero-order valence-corrected chi connectivity index (χ0v) is 10.4. The van der Waals surface area contributed by atoms with Gasteiger partial charge in [0.1, 0.15) is 5.25 Å². The van der Waals surface area contributed by atoms with E-state index < -0.39 is 21.2 Å². The van der Waals surface area contributed by atoms with Gasteiger partial charge in [0.2, 0.25) is 0 Å². The second kappa shape index (κ2) is 5.42. The molecule has 0 bridgehead atoms. The lowest BCUT2D eigenvalue weighted by molar-refractivity contribution is 0.320. The van der Waals surface area contributed by atoms with Crippen molar-refractivity contribution < 1.29 is 22.1 Å². The molecular formula is C10H14FNO4S. The number of nitrogens with zero attached hydrogens (tertiary/aromatic N) is 1. The largest absolute Gasteiger partial charge is 0.491 e. The minimum Gasteiger partial charge on any atom is -0.491 e. The average molecular weight is 263 g/mol. The number of halogens is 1. The summed E-state index contributed by atoms with van der Waals surface area (Å²) in [5.41, 5.74) is 0.0693. The lowest BCUT2D eigenvalue weighted by Gasteiger charge is -2.12. The van der Waals surface area contributed by atoms with Crippen LogP contribution >= 0.6 is 0 Å². The molecule has 1 aromatic rings. The van der Waals surface area contributed by atoms with Crippen LogP contribution in [0, 0.1) is 5.82 Å². The van der Waals surface area contributed by atoms with E-state index >= 15 is 0 Å². The maximum Gasteiger partial charge on any atom is 0.273 e. The maximum absolute atomic E-state index is 13.2. The fourth-order valence-corrected chi connectivity index (χ4v) is 2.31. The van der Waals surface area contributed by atoms with Crippen LogP contribution in [0.3, 0.4) is 0 Å². The number of ether oxygens (including phenoxy) is 1. The summed E-state index contributed by atoms with van der Waals surface area (Å²) < 4.78 is 49.4. The van der Waals surface area contributed by atoms with Gasteiger partial charge in [-0.1, -0.05) is 6.92 Å². The monoisotopic (exact) mass is 263 g/mol. The molecule has 0 saturated carbocycles. The molecule has 17 heavy (non-hydrogen) atoms. The molecule has 7 heteroatoms. The number of aromatic nitrogens is 1. The molecule has 1 aromatic heterocycles. The molecule has 0 aliphatic carbocycles. The summed E-state index contributed by atoms with van der Waals surface area (Å²) in [4.78, 5) is 3.66. The Kier molecular flexibility index (Phi) is 4.41. The summed E-state index contributed by atoms with van der Waals surface area (Å²) in [5, 5.41) is -1.16. The first kappa shape index (κ1) is 13.9. The Bertz CT molecular complexity index is 489. The van der Waals surface area contributed by atoms with E-state index in [0.717, 1.165) is 6.20 Å². The minimum atomic E-state index is -4.25. The van der Waals surface area contributed by atoms with E-state index in [-0.39, 0.29) is 24.5 Å². The van der Waals surface area contributed by atoms with Crippen molar-refractivity contribution in [2.75, 3.05) is 6.61 Å². The van der Waals surface area contributed by atoms with Crippen LogP contribution in [-0.2, 0) is 10.1 Å². The van der Waals surface area contributed by atoms with Crippen molar-refractivity contribution in [1.82, 2.24) is 4.98 Å². The summed E-state index contributed by atoms with van der Waals surface area (Å²) in [6, 6.07) is 1.20. The second-order valence-corrected chi connectivity index (χ2v) is 4.98. The maximum atomic E-state index is 13.2. The molecule has 5 nitrogen and oxygen atoms in total. The van der Waals surface area contributed by atoms with Gasteiger partial charge in [0.25, 0.3) is 10.1 Å². The van der Waals surface area contributed by atoms with Crippen molar-refractivity contribution in [2.45, 2.75) is 25.5 Å². The van der Waals surface area contributed by atoms with Gasteiger partial charge in [-0.25, -0.2) is 4.39 Å². The Labute approximate surface area is 99.4 Å². The van der Waals surface area contributed by atoms with Crippen molar-refractivity contribution in [2.24, 2.45) is 0 Å². The Morgan fingerprint density at radius 3 is 2.65 bits per heavy atom. The molecule has 0 aliphatic heterocycles. The summed E-state index contributed by atoms with van der Waals surface area (Å²) in [6.07, 6.45) is 1.02. The third kappa shape index (κ3) is 3.37. The summed E-state index contributed by atoms with van der Waals surface area (Å²) in [6.45, 7) is 3.52. The molecule has 0 spiro atoms. The third-order valence-corrected chi connectivity index (χ3v) is 3.50. The SMILES string of the molecule is CCOc1cc([C@@H](CC)S(=O)(=O)O)ncc1F. The lowest BCUT2D eigenvalue weighted by Crippen LogP contribution is -2.13. The number of pyridine rings is 1. The van der Waals surface area contributed by atoms with Crippen LogP contribution < -0.4 is 4.74 Å². The highest BCUT2D eigenvalue weighted by molar-refractivity contribution is 7.86. The topological polar surface area (TPSA) is 76.5 Å². The average Bonchev–Trinajstić information content (AvgIpc) is 2.22. The Morgan fingerprint density at radius 1 is 1.53 bits per heavy atom. The first-order valence-corrected chi connectivity index (χ1v) is 6.65. The molecule has 0 radical (unpaired) electrons. The Balaban J connectivity index is 3.18. The molecule has 0 fully saturated rings. The summed E-state index contributed by atoms with van der Waals surface area (Å²) >= 11 is 0.